The number of nitrogen functional groups attached to an aromatic ring is 1. The standard InChI is InChI=1S/C11H16F2N2O4S/c1-19-6-7(2-3-16)15-20(17,18)11-5-10(14)8(12)4-9(11)13/h4-5,7,15-16H,2-3,6,14H2,1H3. The Balaban J connectivity index is 3.07. The summed E-state index contributed by atoms with van der Waals surface area (Å²) in [4.78, 5) is -0.754. The van der Waals surface area contributed by atoms with Crippen molar-refractivity contribution in [1.82, 2.24) is 4.72 Å². The molecule has 0 aliphatic heterocycles. The molecule has 0 bridgehead atoms. The monoisotopic (exact) mass is 310 g/mol. The Morgan fingerprint density at radius 1 is 1.40 bits per heavy atom. The summed E-state index contributed by atoms with van der Waals surface area (Å²) in [7, 11) is -2.88. The molecule has 114 valence electrons. The van der Waals surface area contributed by atoms with Crippen LogP contribution in [0.5, 0.6) is 0 Å². The summed E-state index contributed by atoms with van der Waals surface area (Å²) in [6.07, 6.45) is 0.0887. The van der Waals surface area contributed by atoms with Crippen LogP contribution in [0.25, 0.3) is 0 Å². The number of ether oxygens (including phenoxy) is 1. The maximum absolute atomic E-state index is 13.6. The highest BCUT2D eigenvalue weighted by Crippen LogP contribution is 2.21. The normalized spacial score (nSPS) is 13.4. The van der Waals surface area contributed by atoms with Gasteiger partial charge in [-0.25, -0.2) is 21.9 Å². The first-order valence-electron chi connectivity index (χ1n) is 5.68. The fourth-order valence-electron chi connectivity index (χ4n) is 1.57. The smallest absolute Gasteiger partial charge is 0.243 e. The molecule has 0 aliphatic rings. The lowest BCUT2D eigenvalue weighted by molar-refractivity contribution is 0.158. The quantitative estimate of drug-likeness (QED) is 0.626. The molecule has 0 spiro atoms. The van der Waals surface area contributed by atoms with Crippen molar-refractivity contribution < 1.29 is 27.0 Å². The van der Waals surface area contributed by atoms with Crippen LogP contribution in [0.4, 0.5) is 14.5 Å². The Morgan fingerprint density at radius 2 is 2.05 bits per heavy atom. The van der Waals surface area contributed by atoms with Crippen LogP contribution < -0.4 is 10.5 Å². The molecule has 0 saturated carbocycles. The zero-order valence-electron chi connectivity index (χ0n) is 10.8. The molecule has 0 fully saturated rings. The van der Waals surface area contributed by atoms with Gasteiger partial charge >= 0.3 is 0 Å². The third-order valence-corrected chi connectivity index (χ3v) is 4.04. The number of hydrogen-bond donors (Lipinski definition) is 3. The van der Waals surface area contributed by atoms with E-state index in [2.05, 4.69) is 4.72 Å². The number of anilines is 1. The van der Waals surface area contributed by atoms with Crippen molar-refractivity contribution >= 4 is 15.7 Å². The van der Waals surface area contributed by atoms with E-state index < -0.39 is 38.3 Å². The van der Waals surface area contributed by atoms with Crippen molar-refractivity contribution in [3.63, 3.8) is 0 Å². The van der Waals surface area contributed by atoms with Gasteiger partial charge in [0.05, 0.1) is 12.3 Å². The van der Waals surface area contributed by atoms with Crippen molar-refractivity contribution in [2.45, 2.75) is 17.4 Å². The number of nitrogens with two attached hydrogens (primary N) is 1. The number of benzene rings is 1. The molecule has 1 atom stereocenters. The minimum absolute atomic E-state index is 0.00190. The fraction of sp³-hybridized carbons (Fsp3) is 0.455. The van der Waals surface area contributed by atoms with E-state index >= 15 is 0 Å². The number of aliphatic hydroxyl groups excluding tert-OH is 1. The molecule has 0 aromatic heterocycles. The van der Waals surface area contributed by atoms with E-state index in [1.165, 1.54) is 7.11 Å². The average molecular weight is 310 g/mol. The summed E-state index contributed by atoms with van der Waals surface area (Å²) >= 11 is 0. The van der Waals surface area contributed by atoms with Crippen LogP contribution in [0.15, 0.2) is 17.0 Å². The van der Waals surface area contributed by atoms with Gasteiger partial charge in [-0.1, -0.05) is 0 Å². The van der Waals surface area contributed by atoms with Gasteiger partial charge in [0, 0.05) is 25.8 Å². The SMILES string of the molecule is COCC(CCO)NS(=O)(=O)c1cc(N)c(F)cc1F. The Kier molecular flexibility index (Phi) is 5.81. The summed E-state index contributed by atoms with van der Waals surface area (Å²) in [6, 6.07) is 0.373. The average Bonchev–Trinajstić information content (AvgIpc) is 2.33. The van der Waals surface area contributed by atoms with Crippen LogP contribution in [-0.4, -0.2) is 39.9 Å². The third kappa shape index (κ3) is 4.10. The van der Waals surface area contributed by atoms with Crippen LogP contribution >= 0.6 is 0 Å². The minimum Gasteiger partial charge on any atom is -0.396 e. The predicted molar refractivity (Wildman–Crippen MR) is 68.5 cm³/mol. The predicted octanol–water partition coefficient (Wildman–Crippen LogP) is 0.223. The van der Waals surface area contributed by atoms with E-state index in [-0.39, 0.29) is 19.6 Å². The zero-order chi connectivity index (χ0) is 15.3. The van der Waals surface area contributed by atoms with Gasteiger partial charge in [-0.3, -0.25) is 0 Å². The second-order valence-electron chi connectivity index (χ2n) is 4.09. The van der Waals surface area contributed by atoms with Crippen molar-refractivity contribution in [1.29, 1.82) is 0 Å². The number of nitrogens with one attached hydrogen (secondary N) is 1. The molecular weight excluding hydrogens is 294 g/mol. The van der Waals surface area contributed by atoms with Crippen molar-refractivity contribution in [3.05, 3.63) is 23.8 Å². The highest BCUT2D eigenvalue weighted by molar-refractivity contribution is 7.89. The van der Waals surface area contributed by atoms with Crippen LogP contribution in [-0.2, 0) is 14.8 Å². The number of rotatable bonds is 7. The first-order chi connectivity index (χ1) is 9.31. The first-order valence-corrected chi connectivity index (χ1v) is 7.16. The summed E-state index contributed by atoms with van der Waals surface area (Å²) in [5, 5.41) is 8.83. The fourth-order valence-corrected chi connectivity index (χ4v) is 2.92. The van der Waals surface area contributed by atoms with Gasteiger partial charge in [0.15, 0.2) is 0 Å². The number of hydrogen-bond acceptors (Lipinski definition) is 5. The maximum Gasteiger partial charge on any atom is 0.243 e. The van der Waals surface area contributed by atoms with Gasteiger partial charge in [0.2, 0.25) is 10.0 Å². The van der Waals surface area contributed by atoms with Crippen molar-refractivity contribution in [2.75, 3.05) is 26.1 Å². The molecule has 6 nitrogen and oxygen atoms in total. The van der Waals surface area contributed by atoms with E-state index in [0.717, 1.165) is 0 Å². The molecule has 0 radical (unpaired) electrons. The Morgan fingerprint density at radius 3 is 2.60 bits per heavy atom. The van der Waals surface area contributed by atoms with Gasteiger partial charge in [-0.2, -0.15) is 0 Å². The van der Waals surface area contributed by atoms with Gasteiger partial charge in [-0.15, -0.1) is 0 Å². The van der Waals surface area contributed by atoms with Gasteiger partial charge in [0.1, 0.15) is 16.5 Å². The lowest BCUT2D eigenvalue weighted by atomic mass is 10.2. The number of halogens is 2. The first kappa shape index (κ1) is 16.8. The van der Waals surface area contributed by atoms with E-state index in [1.54, 1.807) is 0 Å². The summed E-state index contributed by atoms with van der Waals surface area (Å²) in [5.74, 6) is -2.28. The van der Waals surface area contributed by atoms with Crippen molar-refractivity contribution in [2.24, 2.45) is 0 Å². The minimum atomic E-state index is -4.24. The second kappa shape index (κ2) is 6.93. The molecule has 0 amide bonds. The lowest BCUT2D eigenvalue weighted by Gasteiger charge is -2.17. The lowest BCUT2D eigenvalue weighted by Crippen LogP contribution is -2.39. The molecule has 1 rings (SSSR count). The largest absolute Gasteiger partial charge is 0.396 e. The Hall–Kier alpha value is -1.29. The van der Waals surface area contributed by atoms with Gasteiger partial charge in [0.25, 0.3) is 0 Å². The molecule has 0 saturated heterocycles. The molecule has 1 unspecified atom stereocenters. The zero-order valence-corrected chi connectivity index (χ0v) is 11.6. The van der Waals surface area contributed by atoms with Crippen LogP contribution in [0.2, 0.25) is 0 Å². The van der Waals surface area contributed by atoms with Crippen molar-refractivity contribution in [3.8, 4) is 0 Å². The van der Waals surface area contributed by atoms with Crippen LogP contribution in [0, 0.1) is 11.6 Å². The summed E-state index contributed by atoms with van der Waals surface area (Å²) in [6.45, 7) is -0.275. The van der Waals surface area contributed by atoms with Gasteiger partial charge in [-0.05, 0) is 12.5 Å². The number of methoxy groups -OCH3 is 1. The molecule has 0 aliphatic carbocycles. The molecule has 0 heterocycles. The molecule has 20 heavy (non-hydrogen) atoms. The Bertz CT molecular complexity index is 560. The molecule has 9 heteroatoms. The maximum atomic E-state index is 13.6. The summed E-state index contributed by atoms with van der Waals surface area (Å²) < 4.78 is 57.6. The molecule has 1 aromatic rings. The van der Waals surface area contributed by atoms with E-state index in [9.17, 15) is 17.2 Å². The second-order valence-corrected chi connectivity index (χ2v) is 5.77. The van der Waals surface area contributed by atoms with E-state index in [0.29, 0.717) is 12.1 Å². The topological polar surface area (TPSA) is 102 Å². The highest BCUT2D eigenvalue weighted by Gasteiger charge is 2.24. The molecule has 1 aromatic carbocycles. The molecule has 4 N–H and O–H groups in total. The van der Waals surface area contributed by atoms with E-state index in [1.807, 2.05) is 0 Å². The Labute approximate surface area is 115 Å². The van der Waals surface area contributed by atoms with Gasteiger partial charge < -0.3 is 15.6 Å². The molecular formula is C11H16F2N2O4S. The van der Waals surface area contributed by atoms with Crippen LogP contribution in [0.3, 0.4) is 0 Å². The number of sulfonamides is 1. The third-order valence-electron chi connectivity index (χ3n) is 2.51. The summed E-state index contributed by atoms with van der Waals surface area (Å²) in [5.41, 5.74) is 4.76. The highest BCUT2D eigenvalue weighted by atomic mass is 32.2. The van der Waals surface area contributed by atoms with E-state index in [4.69, 9.17) is 15.6 Å². The number of aliphatic hydroxyl groups is 1. The van der Waals surface area contributed by atoms with Crippen LogP contribution in [0.1, 0.15) is 6.42 Å².